The molecule has 2 rings (SSSR count). The third-order valence-corrected chi connectivity index (χ3v) is 4.21. The summed E-state index contributed by atoms with van der Waals surface area (Å²) >= 11 is 0. The quantitative estimate of drug-likeness (QED) is 0.848. The van der Waals surface area contributed by atoms with Gasteiger partial charge in [-0.05, 0) is 31.0 Å². The zero-order valence-electron chi connectivity index (χ0n) is 10.8. The fraction of sp³-hybridized carbons (Fsp3) is 0.417. The van der Waals surface area contributed by atoms with Crippen molar-refractivity contribution in [3.8, 4) is 5.75 Å². The zero-order valence-corrected chi connectivity index (χ0v) is 11.6. The van der Waals surface area contributed by atoms with E-state index in [0.717, 1.165) is 12.8 Å². The van der Waals surface area contributed by atoms with E-state index in [1.807, 2.05) is 0 Å². The van der Waals surface area contributed by atoms with Crippen molar-refractivity contribution in [3.63, 3.8) is 0 Å². The van der Waals surface area contributed by atoms with E-state index >= 15 is 0 Å². The van der Waals surface area contributed by atoms with Crippen LogP contribution in [-0.2, 0) is 14.8 Å². The number of rotatable bonds is 5. The molecule has 1 amide bonds. The van der Waals surface area contributed by atoms with Crippen molar-refractivity contribution in [2.75, 3.05) is 12.4 Å². The summed E-state index contributed by atoms with van der Waals surface area (Å²) in [6.07, 6.45) is 1.74. The third kappa shape index (κ3) is 3.45. The van der Waals surface area contributed by atoms with Gasteiger partial charge in [-0.25, -0.2) is 13.1 Å². The molecule has 104 valence electrons. The van der Waals surface area contributed by atoms with Crippen molar-refractivity contribution in [1.29, 1.82) is 0 Å². The van der Waals surface area contributed by atoms with Gasteiger partial charge in [-0.3, -0.25) is 4.79 Å². The Hall–Kier alpha value is -1.60. The highest BCUT2D eigenvalue weighted by atomic mass is 32.2. The summed E-state index contributed by atoms with van der Waals surface area (Å²) in [7, 11) is -2.08. The van der Waals surface area contributed by atoms with Crippen LogP contribution in [0.15, 0.2) is 23.1 Å². The minimum absolute atomic E-state index is 0.0383. The molecule has 0 aromatic heterocycles. The summed E-state index contributed by atoms with van der Waals surface area (Å²) in [5.74, 6) is 0.128. The van der Waals surface area contributed by atoms with E-state index in [-0.39, 0.29) is 16.8 Å². The molecular weight excluding hydrogens is 268 g/mol. The normalized spacial score (nSPS) is 15.1. The predicted octanol–water partition coefficient (Wildman–Crippen LogP) is 1.09. The van der Waals surface area contributed by atoms with Crippen molar-refractivity contribution in [2.45, 2.75) is 30.7 Å². The molecule has 1 aliphatic rings. The van der Waals surface area contributed by atoms with Gasteiger partial charge < -0.3 is 10.1 Å². The molecule has 0 saturated heterocycles. The maximum atomic E-state index is 12.1. The smallest absolute Gasteiger partial charge is 0.240 e. The first-order chi connectivity index (χ1) is 8.92. The molecule has 19 heavy (non-hydrogen) atoms. The molecule has 0 aliphatic heterocycles. The number of anilines is 1. The van der Waals surface area contributed by atoms with Crippen molar-refractivity contribution in [1.82, 2.24) is 4.72 Å². The Kier molecular flexibility index (Phi) is 3.77. The Morgan fingerprint density at radius 3 is 2.58 bits per heavy atom. The van der Waals surface area contributed by atoms with E-state index < -0.39 is 10.0 Å². The van der Waals surface area contributed by atoms with Crippen molar-refractivity contribution < 1.29 is 17.9 Å². The van der Waals surface area contributed by atoms with Crippen LogP contribution in [-0.4, -0.2) is 27.5 Å². The van der Waals surface area contributed by atoms with Gasteiger partial charge in [0.25, 0.3) is 0 Å². The molecule has 1 saturated carbocycles. The fourth-order valence-electron chi connectivity index (χ4n) is 1.63. The highest BCUT2D eigenvalue weighted by molar-refractivity contribution is 7.89. The Labute approximate surface area is 112 Å². The summed E-state index contributed by atoms with van der Waals surface area (Å²) in [4.78, 5) is 11.2. The number of carbonyl (C=O) groups is 1. The Bertz CT molecular complexity index is 594. The molecule has 2 N–H and O–H groups in total. The van der Waals surface area contributed by atoms with Gasteiger partial charge in [0.05, 0.1) is 17.7 Å². The number of carbonyl (C=O) groups excluding carboxylic acids is 1. The molecule has 1 aromatic rings. The van der Waals surface area contributed by atoms with Gasteiger partial charge in [0, 0.05) is 13.0 Å². The lowest BCUT2D eigenvalue weighted by molar-refractivity contribution is -0.114. The number of methoxy groups -OCH3 is 1. The zero-order chi connectivity index (χ0) is 14.0. The third-order valence-electron chi connectivity index (χ3n) is 2.69. The van der Waals surface area contributed by atoms with Crippen LogP contribution in [0.1, 0.15) is 19.8 Å². The number of benzene rings is 1. The molecule has 0 radical (unpaired) electrons. The second kappa shape index (κ2) is 5.18. The molecule has 0 atom stereocenters. The topological polar surface area (TPSA) is 84.5 Å². The van der Waals surface area contributed by atoms with Crippen LogP contribution in [0, 0.1) is 0 Å². The molecule has 1 fully saturated rings. The molecule has 0 heterocycles. The van der Waals surface area contributed by atoms with E-state index in [0.29, 0.717) is 11.4 Å². The van der Waals surface area contributed by atoms with Crippen LogP contribution >= 0.6 is 0 Å². The van der Waals surface area contributed by atoms with Gasteiger partial charge in [0.15, 0.2) is 0 Å². The lowest BCUT2D eigenvalue weighted by Crippen LogP contribution is -2.25. The van der Waals surface area contributed by atoms with E-state index in [1.165, 1.54) is 32.2 Å². The predicted molar refractivity (Wildman–Crippen MR) is 70.6 cm³/mol. The summed E-state index contributed by atoms with van der Waals surface area (Å²) in [5.41, 5.74) is 0.341. The average Bonchev–Trinajstić information content (AvgIpc) is 3.11. The van der Waals surface area contributed by atoms with Crippen LogP contribution in [0.5, 0.6) is 5.75 Å². The van der Waals surface area contributed by atoms with Crippen LogP contribution in [0.25, 0.3) is 0 Å². The number of ether oxygens (including phenoxy) is 1. The second-order valence-electron chi connectivity index (χ2n) is 4.44. The maximum Gasteiger partial charge on any atom is 0.240 e. The van der Waals surface area contributed by atoms with Crippen molar-refractivity contribution >= 4 is 21.6 Å². The molecule has 6 nitrogen and oxygen atoms in total. The molecule has 1 aliphatic carbocycles. The summed E-state index contributed by atoms with van der Waals surface area (Å²) in [6.45, 7) is 1.35. The molecule has 0 unspecified atom stereocenters. The minimum atomic E-state index is -3.54. The average molecular weight is 284 g/mol. The van der Waals surface area contributed by atoms with Crippen LogP contribution in [0.2, 0.25) is 0 Å². The van der Waals surface area contributed by atoms with E-state index in [9.17, 15) is 13.2 Å². The van der Waals surface area contributed by atoms with Gasteiger partial charge in [-0.15, -0.1) is 0 Å². The Morgan fingerprint density at radius 2 is 2.05 bits per heavy atom. The standard InChI is InChI=1S/C12H16N2O4S/c1-8(15)13-11-7-10(5-6-12(11)18-2)19(16,17)14-9-3-4-9/h5-7,9,14H,3-4H2,1-2H3,(H,13,15). The summed E-state index contributed by atoms with van der Waals surface area (Å²) in [6, 6.07) is 4.41. The minimum Gasteiger partial charge on any atom is -0.495 e. The maximum absolute atomic E-state index is 12.1. The highest BCUT2D eigenvalue weighted by Gasteiger charge is 2.28. The van der Waals surface area contributed by atoms with Gasteiger partial charge in [-0.2, -0.15) is 0 Å². The van der Waals surface area contributed by atoms with Gasteiger partial charge in [-0.1, -0.05) is 0 Å². The Morgan fingerprint density at radius 1 is 1.37 bits per heavy atom. The Balaban J connectivity index is 2.33. The first-order valence-corrected chi connectivity index (χ1v) is 7.38. The van der Waals surface area contributed by atoms with Gasteiger partial charge in [0.2, 0.25) is 15.9 Å². The highest BCUT2D eigenvalue weighted by Crippen LogP contribution is 2.29. The number of hydrogen-bond acceptors (Lipinski definition) is 4. The lowest BCUT2D eigenvalue weighted by atomic mass is 10.3. The number of hydrogen-bond donors (Lipinski definition) is 2. The van der Waals surface area contributed by atoms with Gasteiger partial charge in [0.1, 0.15) is 5.75 Å². The summed E-state index contributed by atoms with van der Waals surface area (Å²) in [5, 5.41) is 2.55. The SMILES string of the molecule is COc1ccc(S(=O)(=O)NC2CC2)cc1NC(C)=O. The summed E-state index contributed by atoms with van der Waals surface area (Å²) < 4.78 is 31.8. The molecular formula is C12H16N2O4S. The van der Waals surface area contributed by atoms with E-state index in [2.05, 4.69) is 10.0 Å². The monoisotopic (exact) mass is 284 g/mol. The van der Waals surface area contributed by atoms with Crippen LogP contribution in [0.3, 0.4) is 0 Å². The van der Waals surface area contributed by atoms with Crippen molar-refractivity contribution in [2.24, 2.45) is 0 Å². The second-order valence-corrected chi connectivity index (χ2v) is 6.15. The first kappa shape index (κ1) is 13.8. The van der Waals surface area contributed by atoms with Crippen molar-refractivity contribution in [3.05, 3.63) is 18.2 Å². The number of amides is 1. The molecule has 7 heteroatoms. The van der Waals surface area contributed by atoms with Crippen LogP contribution in [0.4, 0.5) is 5.69 Å². The van der Waals surface area contributed by atoms with Gasteiger partial charge >= 0.3 is 0 Å². The first-order valence-electron chi connectivity index (χ1n) is 5.90. The molecule has 0 spiro atoms. The number of sulfonamides is 1. The van der Waals surface area contributed by atoms with E-state index in [4.69, 9.17) is 4.74 Å². The lowest BCUT2D eigenvalue weighted by Gasteiger charge is -2.11. The molecule has 1 aromatic carbocycles. The van der Waals surface area contributed by atoms with E-state index in [1.54, 1.807) is 0 Å². The fourth-order valence-corrected chi connectivity index (χ4v) is 2.96. The molecule has 0 bridgehead atoms. The largest absolute Gasteiger partial charge is 0.495 e. The number of nitrogens with one attached hydrogen (secondary N) is 2. The van der Waals surface area contributed by atoms with Crippen LogP contribution < -0.4 is 14.8 Å².